The fourth-order valence-electron chi connectivity index (χ4n) is 1.55. The summed E-state index contributed by atoms with van der Waals surface area (Å²) in [6.45, 7) is 1.65. The van der Waals surface area contributed by atoms with E-state index >= 15 is 0 Å². The van der Waals surface area contributed by atoms with Crippen molar-refractivity contribution in [1.82, 2.24) is 0 Å². The Hall–Kier alpha value is -1.62. The number of hydrogen-bond acceptors (Lipinski definition) is 5. The zero-order valence-corrected chi connectivity index (χ0v) is 8.27. The predicted octanol–water partition coefficient (Wildman–Crippen LogP) is 1.24. The second-order valence-corrected chi connectivity index (χ2v) is 4.02. The van der Waals surface area contributed by atoms with Gasteiger partial charge in [0.25, 0.3) is 0 Å². The lowest BCUT2D eigenvalue weighted by molar-refractivity contribution is 0.0989. The van der Waals surface area contributed by atoms with E-state index in [1.165, 1.54) is 6.08 Å². The SMILES string of the molecule is CC=C1C(=O)c2c(N)sc(N)c2C1=O. The van der Waals surface area contributed by atoms with Crippen LogP contribution in [0.2, 0.25) is 0 Å². The van der Waals surface area contributed by atoms with Crippen LogP contribution in [0.25, 0.3) is 0 Å². The molecule has 1 aliphatic carbocycles. The summed E-state index contributed by atoms with van der Waals surface area (Å²) in [4.78, 5) is 23.3. The number of nitrogen functional groups attached to an aromatic ring is 2. The molecule has 0 aromatic carbocycles. The molecule has 4 N–H and O–H groups in total. The van der Waals surface area contributed by atoms with E-state index in [9.17, 15) is 9.59 Å². The molecule has 0 amide bonds. The lowest BCUT2D eigenvalue weighted by Gasteiger charge is -1.92. The Bertz CT molecular complexity index is 447. The van der Waals surface area contributed by atoms with Crippen molar-refractivity contribution in [2.24, 2.45) is 0 Å². The van der Waals surface area contributed by atoms with Gasteiger partial charge in [0.1, 0.15) is 0 Å². The molecule has 0 bridgehead atoms. The van der Waals surface area contributed by atoms with Crippen LogP contribution in [0.4, 0.5) is 10.0 Å². The topological polar surface area (TPSA) is 86.2 Å². The van der Waals surface area contributed by atoms with Crippen LogP contribution in [-0.4, -0.2) is 11.6 Å². The number of carbonyl (C=O) groups excluding carboxylic acids is 2. The van der Waals surface area contributed by atoms with Gasteiger partial charge in [-0.15, -0.1) is 11.3 Å². The fraction of sp³-hybridized carbons (Fsp3) is 0.111. The van der Waals surface area contributed by atoms with E-state index in [2.05, 4.69) is 0 Å². The highest BCUT2D eigenvalue weighted by atomic mass is 32.1. The first-order valence-electron chi connectivity index (χ1n) is 4.01. The van der Waals surface area contributed by atoms with E-state index in [0.29, 0.717) is 10.0 Å². The highest BCUT2D eigenvalue weighted by Gasteiger charge is 2.38. The smallest absolute Gasteiger partial charge is 0.200 e. The van der Waals surface area contributed by atoms with Gasteiger partial charge >= 0.3 is 0 Å². The molecule has 0 saturated carbocycles. The summed E-state index contributed by atoms with van der Waals surface area (Å²) >= 11 is 1.08. The largest absolute Gasteiger partial charge is 0.390 e. The third-order valence-electron chi connectivity index (χ3n) is 2.19. The lowest BCUT2D eigenvalue weighted by Crippen LogP contribution is -2.02. The Kier molecular flexibility index (Phi) is 1.72. The number of ketones is 2. The maximum Gasteiger partial charge on any atom is 0.200 e. The number of carbonyl (C=O) groups is 2. The number of thiophene rings is 1. The zero-order chi connectivity index (χ0) is 10.5. The first-order valence-corrected chi connectivity index (χ1v) is 4.83. The van der Waals surface area contributed by atoms with Crippen molar-refractivity contribution >= 4 is 32.9 Å². The van der Waals surface area contributed by atoms with E-state index in [4.69, 9.17) is 11.5 Å². The number of allylic oxidation sites excluding steroid dienone is 2. The van der Waals surface area contributed by atoms with Gasteiger partial charge in [-0.25, -0.2) is 0 Å². The maximum absolute atomic E-state index is 11.7. The molecule has 0 aliphatic heterocycles. The number of fused-ring (bicyclic) bond motifs is 1. The van der Waals surface area contributed by atoms with Crippen LogP contribution in [0.5, 0.6) is 0 Å². The van der Waals surface area contributed by atoms with Crippen molar-refractivity contribution in [3.8, 4) is 0 Å². The zero-order valence-electron chi connectivity index (χ0n) is 7.46. The second-order valence-electron chi connectivity index (χ2n) is 2.94. The van der Waals surface area contributed by atoms with Crippen LogP contribution in [0.15, 0.2) is 11.6 Å². The van der Waals surface area contributed by atoms with Gasteiger partial charge in [-0.2, -0.15) is 0 Å². The molecule has 0 radical (unpaired) electrons. The summed E-state index contributed by atoms with van der Waals surface area (Å²) in [7, 11) is 0. The molecule has 1 aromatic rings. The first-order chi connectivity index (χ1) is 6.57. The molecular formula is C9H8N2O2S. The molecule has 4 nitrogen and oxygen atoms in total. The molecular weight excluding hydrogens is 200 g/mol. The number of hydrogen-bond donors (Lipinski definition) is 2. The molecule has 2 rings (SSSR count). The Labute approximate surface area is 84.2 Å². The highest BCUT2D eigenvalue weighted by molar-refractivity contribution is 7.20. The highest BCUT2D eigenvalue weighted by Crippen LogP contribution is 2.40. The van der Waals surface area contributed by atoms with Crippen molar-refractivity contribution in [3.63, 3.8) is 0 Å². The molecule has 0 fully saturated rings. The normalized spacial score (nSPS) is 14.8. The first kappa shape index (κ1) is 8.96. The summed E-state index contributed by atoms with van der Waals surface area (Å²) in [5.41, 5.74) is 11.9. The number of Topliss-reactive ketones (excluding diaryl/α,β-unsaturated/α-hetero) is 2. The van der Waals surface area contributed by atoms with Gasteiger partial charge in [0, 0.05) is 0 Å². The van der Waals surface area contributed by atoms with E-state index < -0.39 is 0 Å². The minimum atomic E-state index is -0.307. The molecule has 0 spiro atoms. The van der Waals surface area contributed by atoms with Crippen molar-refractivity contribution in [2.45, 2.75) is 6.92 Å². The van der Waals surface area contributed by atoms with Gasteiger partial charge in [0.2, 0.25) is 0 Å². The van der Waals surface area contributed by atoms with Crippen LogP contribution in [0.1, 0.15) is 27.6 Å². The van der Waals surface area contributed by atoms with E-state index in [1.807, 2.05) is 0 Å². The monoisotopic (exact) mass is 208 g/mol. The molecule has 0 saturated heterocycles. The lowest BCUT2D eigenvalue weighted by atomic mass is 10.1. The Morgan fingerprint density at radius 3 is 1.86 bits per heavy atom. The maximum atomic E-state index is 11.7. The van der Waals surface area contributed by atoms with E-state index in [0.717, 1.165) is 11.3 Å². The molecule has 1 aliphatic rings. The number of nitrogens with two attached hydrogens (primary N) is 2. The third kappa shape index (κ3) is 0.871. The minimum Gasteiger partial charge on any atom is -0.390 e. The Balaban J connectivity index is 2.78. The van der Waals surface area contributed by atoms with Gasteiger partial charge in [0.05, 0.1) is 26.7 Å². The summed E-state index contributed by atoms with van der Waals surface area (Å²) in [6.07, 6.45) is 1.49. The summed E-state index contributed by atoms with van der Waals surface area (Å²) in [5.74, 6) is -0.615. The summed E-state index contributed by atoms with van der Waals surface area (Å²) < 4.78 is 0. The van der Waals surface area contributed by atoms with Gasteiger partial charge in [0.15, 0.2) is 11.6 Å². The standard InChI is InChI=1S/C9H8N2O2S/c1-2-3-6(12)4-5(7(3)13)9(11)14-8(4)10/h2H,10-11H2,1H3. The molecule has 0 atom stereocenters. The average Bonchev–Trinajstić information content (AvgIpc) is 2.53. The number of rotatable bonds is 0. The van der Waals surface area contributed by atoms with Gasteiger partial charge < -0.3 is 11.5 Å². The molecule has 14 heavy (non-hydrogen) atoms. The number of anilines is 2. The summed E-state index contributed by atoms with van der Waals surface area (Å²) in [6, 6.07) is 0. The van der Waals surface area contributed by atoms with Crippen molar-refractivity contribution in [1.29, 1.82) is 0 Å². The molecule has 72 valence electrons. The second kappa shape index (κ2) is 2.68. The Morgan fingerprint density at radius 2 is 1.50 bits per heavy atom. The quantitative estimate of drug-likeness (QED) is 0.496. The van der Waals surface area contributed by atoms with Crippen molar-refractivity contribution < 1.29 is 9.59 Å². The average molecular weight is 208 g/mol. The van der Waals surface area contributed by atoms with Crippen molar-refractivity contribution in [3.05, 3.63) is 22.8 Å². The van der Waals surface area contributed by atoms with Crippen molar-refractivity contribution in [2.75, 3.05) is 11.5 Å². The van der Waals surface area contributed by atoms with E-state index in [1.54, 1.807) is 6.92 Å². The van der Waals surface area contributed by atoms with Crippen LogP contribution in [0.3, 0.4) is 0 Å². The van der Waals surface area contributed by atoms with Crippen LogP contribution >= 0.6 is 11.3 Å². The van der Waals surface area contributed by atoms with E-state index in [-0.39, 0.29) is 28.3 Å². The molecule has 0 unspecified atom stereocenters. The molecule has 1 aromatic heterocycles. The van der Waals surface area contributed by atoms with Crippen LogP contribution < -0.4 is 11.5 Å². The predicted molar refractivity (Wildman–Crippen MR) is 55.6 cm³/mol. The van der Waals surface area contributed by atoms with Crippen LogP contribution in [0, 0.1) is 0 Å². The van der Waals surface area contributed by atoms with Gasteiger partial charge in [-0.05, 0) is 6.92 Å². The fourth-order valence-corrected chi connectivity index (χ4v) is 2.38. The minimum absolute atomic E-state index is 0.168. The Morgan fingerprint density at radius 1 is 1.07 bits per heavy atom. The molecule has 1 heterocycles. The molecule has 5 heteroatoms. The van der Waals surface area contributed by atoms with Crippen LogP contribution in [-0.2, 0) is 0 Å². The third-order valence-corrected chi connectivity index (χ3v) is 3.04. The summed E-state index contributed by atoms with van der Waals surface area (Å²) in [5, 5.41) is 0.653. The van der Waals surface area contributed by atoms with Gasteiger partial charge in [-0.3, -0.25) is 9.59 Å². The van der Waals surface area contributed by atoms with Gasteiger partial charge in [-0.1, -0.05) is 6.08 Å².